The third-order valence-electron chi connectivity index (χ3n) is 4.23. The van der Waals surface area contributed by atoms with E-state index < -0.39 is 0 Å². The highest BCUT2D eigenvalue weighted by molar-refractivity contribution is 5.87. The van der Waals surface area contributed by atoms with Gasteiger partial charge < -0.3 is 9.55 Å². The second-order valence-corrected chi connectivity index (χ2v) is 5.79. The molecule has 1 aliphatic carbocycles. The zero-order valence-electron chi connectivity index (χ0n) is 12.3. The van der Waals surface area contributed by atoms with E-state index in [0.717, 1.165) is 33.8 Å². The van der Waals surface area contributed by atoms with Gasteiger partial charge in [0, 0.05) is 29.6 Å². The van der Waals surface area contributed by atoms with E-state index in [9.17, 15) is 0 Å². The molecule has 1 fully saturated rings. The van der Waals surface area contributed by atoms with E-state index >= 15 is 0 Å². The lowest BCUT2D eigenvalue weighted by atomic mass is 10.1. The summed E-state index contributed by atoms with van der Waals surface area (Å²) in [6.07, 6.45) is 9.51. The van der Waals surface area contributed by atoms with Crippen molar-refractivity contribution in [3.05, 3.63) is 49.3 Å². The number of hydrogen-bond acceptors (Lipinski definition) is 4. The maximum Gasteiger partial charge on any atom is 0.164 e. The number of benzene rings is 1. The van der Waals surface area contributed by atoms with E-state index in [4.69, 9.17) is 0 Å². The van der Waals surface area contributed by atoms with Gasteiger partial charge in [0.15, 0.2) is 5.65 Å². The summed E-state index contributed by atoms with van der Waals surface area (Å²) in [5, 5.41) is 0. The number of nitrogens with zero attached hydrogens (tertiary/aromatic N) is 5. The maximum absolute atomic E-state index is 4.55. The van der Waals surface area contributed by atoms with Gasteiger partial charge in [-0.05, 0) is 12.8 Å². The zero-order valence-corrected chi connectivity index (χ0v) is 12.3. The molecule has 6 nitrogen and oxygen atoms in total. The van der Waals surface area contributed by atoms with E-state index in [1.165, 1.54) is 12.8 Å². The van der Waals surface area contributed by atoms with E-state index in [-0.39, 0.29) is 0 Å². The van der Waals surface area contributed by atoms with Crippen molar-refractivity contribution in [1.82, 2.24) is 29.5 Å². The lowest BCUT2D eigenvalue weighted by molar-refractivity contribution is 0.756. The van der Waals surface area contributed by atoms with Crippen molar-refractivity contribution in [3.63, 3.8) is 0 Å². The molecule has 3 heterocycles. The monoisotopic (exact) mass is 302 g/mol. The Morgan fingerprint density at radius 2 is 1.78 bits per heavy atom. The molecule has 4 aromatic rings. The lowest BCUT2D eigenvalue weighted by Crippen LogP contribution is -1.95. The van der Waals surface area contributed by atoms with E-state index in [2.05, 4.69) is 41.6 Å². The van der Waals surface area contributed by atoms with Crippen LogP contribution >= 0.6 is 0 Å². The molecule has 0 aliphatic heterocycles. The van der Waals surface area contributed by atoms with Crippen molar-refractivity contribution in [3.8, 4) is 22.6 Å². The summed E-state index contributed by atoms with van der Waals surface area (Å²) in [6, 6.07) is 8.75. The zero-order chi connectivity index (χ0) is 15.2. The fraction of sp³-hybridized carbons (Fsp3) is 0.176. The van der Waals surface area contributed by atoms with E-state index in [1.807, 2.05) is 24.7 Å². The van der Waals surface area contributed by atoms with Crippen LogP contribution in [-0.4, -0.2) is 29.5 Å². The van der Waals surface area contributed by atoms with Gasteiger partial charge in [0.25, 0.3) is 0 Å². The first-order valence-electron chi connectivity index (χ1n) is 7.68. The highest BCUT2D eigenvalue weighted by atomic mass is 15.2. The predicted molar refractivity (Wildman–Crippen MR) is 86.6 cm³/mol. The molecule has 0 radical (unpaired) electrons. The molecule has 1 N–H and O–H groups in total. The van der Waals surface area contributed by atoms with Crippen molar-refractivity contribution >= 4 is 11.2 Å². The average molecular weight is 302 g/mol. The molecule has 0 amide bonds. The molecule has 112 valence electrons. The number of H-pyrrole nitrogens is 1. The normalized spacial score (nSPS) is 14.4. The summed E-state index contributed by atoms with van der Waals surface area (Å²) in [6.45, 7) is 0. The number of rotatable bonds is 3. The minimum atomic E-state index is 0.559. The molecule has 0 bridgehead atoms. The Morgan fingerprint density at radius 1 is 0.957 bits per heavy atom. The third-order valence-corrected chi connectivity index (χ3v) is 4.23. The molecule has 3 aromatic heterocycles. The first kappa shape index (κ1) is 12.5. The molecule has 0 spiro atoms. The summed E-state index contributed by atoms with van der Waals surface area (Å²) in [5.74, 6) is 0.863. The second-order valence-electron chi connectivity index (χ2n) is 5.79. The van der Waals surface area contributed by atoms with Gasteiger partial charge in [-0.25, -0.2) is 19.9 Å². The number of hydrogen-bond donors (Lipinski definition) is 1. The van der Waals surface area contributed by atoms with Crippen LogP contribution in [0.15, 0.2) is 49.3 Å². The van der Waals surface area contributed by atoms with Crippen LogP contribution in [0.2, 0.25) is 0 Å². The topological polar surface area (TPSA) is 72.3 Å². The van der Waals surface area contributed by atoms with Gasteiger partial charge in [-0.2, -0.15) is 0 Å². The highest BCUT2D eigenvalue weighted by Gasteiger charge is 2.26. The summed E-state index contributed by atoms with van der Waals surface area (Å²) in [7, 11) is 0. The fourth-order valence-electron chi connectivity index (χ4n) is 2.89. The fourth-order valence-corrected chi connectivity index (χ4v) is 2.89. The van der Waals surface area contributed by atoms with Crippen molar-refractivity contribution in [2.75, 3.05) is 0 Å². The predicted octanol–water partition coefficient (Wildman–Crippen LogP) is 3.22. The van der Waals surface area contributed by atoms with Crippen molar-refractivity contribution in [1.29, 1.82) is 0 Å². The number of fused-ring (bicyclic) bond motifs is 1. The summed E-state index contributed by atoms with van der Waals surface area (Å²) in [4.78, 5) is 20.8. The Kier molecular flexibility index (Phi) is 2.58. The quantitative estimate of drug-likeness (QED) is 0.630. The van der Waals surface area contributed by atoms with E-state index in [1.54, 1.807) is 12.5 Å². The Labute approximate surface area is 132 Å². The summed E-state index contributed by atoms with van der Waals surface area (Å²) in [5.41, 5.74) is 4.75. The number of nitrogens with one attached hydrogen (secondary N) is 1. The smallest absolute Gasteiger partial charge is 0.164 e. The molecular formula is C17H14N6. The number of imidazole rings is 2. The van der Waals surface area contributed by atoms with Crippen LogP contribution in [0.3, 0.4) is 0 Å². The molecule has 0 saturated heterocycles. The first-order chi connectivity index (χ1) is 11.4. The van der Waals surface area contributed by atoms with Crippen molar-refractivity contribution in [2.45, 2.75) is 18.9 Å². The Hall–Kier alpha value is -3.02. The first-order valence-corrected chi connectivity index (χ1v) is 7.68. The Morgan fingerprint density at radius 3 is 2.52 bits per heavy atom. The molecule has 6 heteroatoms. The van der Waals surface area contributed by atoms with Gasteiger partial charge in [-0.15, -0.1) is 0 Å². The highest BCUT2D eigenvalue weighted by Crippen LogP contribution is 2.37. The largest absolute Gasteiger partial charge is 0.345 e. The van der Waals surface area contributed by atoms with Crippen LogP contribution in [0.1, 0.15) is 18.9 Å². The number of aromatic nitrogens is 6. The lowest BCUT2D eigenvalue weighted by Gasteiger charge is -2.04. The van der Waals surface area contributed by atoms with Crippen LogP contribution < -0.4 is 0 Å². The van der Waals surface area contributed by atoms with Gasteiger partial charge in [0.1, 0.15) is 23.4 Å². The van der Waals surface area contributed by atoms with Crippen LogP contribution in [0, 0.1) is 0 Å². The maximum atomic E-state index is 4.55. The minimum absolute atomic E-state index is 0.559. The van der Waals surface area contributed by atoms with Gasteiger partial charge in [0.2, 0.25) is 0 Å². The van der Waals surface area contributed by atoms with Gasteiger partial charge in [0.05, 0.1) is 6.33 Å². The average Bonchev–Trinajstić information content (AvgIpc) is 3.13. The summed E-state index contributed by atoms with van der Waals surface area (Å²) >= 11 is 0. The van der Waals surface area contributed by atoms with Crippen LogP contribution in [-0.2, 0) is 0 Å². The molecule has 0 unspecified atom stereocenters. The van der Waals surface area contributed by atoms with Crippen molar-refractivity contribution in [2.24, 2.45) is 0 Å². The van der Waals surface area contributed by atoms with Crippen LogP contribution in [0.5, 0.6) is 0 Å². The Bertz CT molecular complexity index is 964. The third kappa shape index (κ3) is 2.03. The van der Waals surface area contributed by atoms with Crippen LogP contribution in [0.25, 0.3) is 33.8 Å². The SMILES string of the molecule is c1c[nH]c(-c2ccc(-c3ncnc4c3ncn4C3CC3)cc2)n1. The molecule has 0 atom stereocenters. The molecule has 1 saturated carbocycles. The number of aromatic amines is 1. The second kappa shape index (κ2) is 4.74. The molecule has 5 rings (SSSR count). The van der Waals surface area contributed by atoms with Crippen LogP contribution in [0.4, 0.5) is 0 Å². The molecular weight excluding hydrogens is 288 g/mol. The summed E-state index contributed by atoms with van der Waals surface area (Å²) < 4.78 is 2.16. The molecule has 1 aliphatic rings. The van der Waals surface area contributed by atoms with Gasteiger partial charge in [-0.3, -0.25) is 0 Å². The molecule has 23 heavy (non-hydrogen) atoms. The Balaban J connectivity index is 1.60. The van der Waals surface area contributed by atoms with E-state index in [0.29, 0.717) is 6.04 Å². The standard InChI is InChI=1S/C17H14N6/c1-3-12(16-18-7-8-19-16)4-2-11(1)14-15-17(21-9-20-14)23(10-22-15)13-5-6-13/h1-4,7-10,13H,5-6H2,(H,18,19). The van der Waals surface area contributed by atoms with Gasteiger partial charge in [-0.1, -0.05) is 24.3 Å². The van der Waals surface area contributed by atoms with Crippen molar-refractivity contribution < 1.29 is 0 Å². The van der Waals surface area contributed by atoms with Gasteiger partial charge >= 0.3 is 0 Å². The molecule has 1 aromatic carbocycles. The minimum Gasteiger partial charge on any atom is -0.345 e.